The number of ether oxygens (including phenoxy) is 1. The first kappa shape index (κ1) is 20.3. The number of rotatable bonds is 7. The Balaban J connectivity index is 1.81. The quantitative estimate of drug-likeness (QED) is 0.601. The predicted octanol–water partition coefficient (Wildman–Crippen LogP) is 4.29. The van der Waals surface area contributed by atoms with Crippen molar-refractivity contribution in [1.82, 2.24) is 4.98 Å². The van der Waals surface area contributed by atoms with E-state index in [1.165, 1.54) is 24.3 Å². The van der Waals surface area contributed by atoms with Gasteiger partial charge in [-0.25, -0.2) is 9.37 Å². The number of hydrogen-bond acceptors (Lipinski definition) is 4. The van der Waals surface area contributed by atoms with Gasteiger partial charge in [0.05, 0.1) is 6.54 Å². The average molecular weight is 393 g/mol. The number of hydrogen-bond donors (Lipinski definition) is 0. The van der Waals surface area contributed by atoms with E-state index in [9.17, 15) is 9.18 Å². The summed E-state index contributed by atoms with van der Waals surface area (Å²) in [6, 6.07) is 19.0. The first-order chi connectivity index (χ1) is 13.9. The smallest absolute Gasteiger partial charge is 0.269 e. The van der Waals surface area contributed by atoms with Crippen LogP contribution in [0.2, 0.25) is 0 Å². The van der Waals surface area contributed by atoms with Gasteiger partial charge >= 0.3 is 0 Å². The maximum absolute atomic E-state index is 13.2. The van der Waals surface area contributed by atoms with Crippen molar-refractivity contribution in [3.05, 3.63) is 84.3 Å². The van der Waals surface area contributed by atoms with Crippen molar-refractivity contribution in [2.45, 2.75) is 19.6 Å². The van der Waals surface area contributed by atoms with Gasteiger partial charge in [-0.3, -0.25) is 9.69 Å². The SMILES string of the molecule is C[C@@H](Oc1ccc(F)cc1)C(=O)N(Cc1ccc(N(C)C)cc1)c1ccccn1. The van der Waals surface area contributed by atoms with E-state index in [-0.39, 0.29) is 11.7 Å². The first-order valence-electron chi connectivity index (χ1n) is 9.35. The summed E-state index contributed by atoms with van der Waals surface area (Å²) in [5.74, 6) is 0.393. The zero-order valence-corrected chi connectivity index (χ0v) is 16.7. The fraction of sp³-hybridized carbons (Fsp3) is 0.217. The van der Waals surface area contributed by atoms with Gasteiger partial charge in [0.25, 0.3) is 5.91 Å². The van der Waals surface area contributed by atoms with E-state index in [0.717, 1.165) is 11.3 Å². The second-order valence-corrected chi connectivity index (χ2v) is 6.89. The Bertz CT molecular complexity index is 929. The van der Waals surface area contributed by atoms with Crippen LogP contribution in [0.3, 0.4) is 0 Å². The normalized spacial score (nSPS) is 11.6. The van der Waals surface area contributed by atoms with Gasteiger partial charge in [0, 0.05) is 26.0 Å². The maximum Gasteiger partial charge on any atom is 0.269 e. The predicted molar refractivity (Wildman–Crippen MR) is 113 cm³/mol. The van der Waals surface area contributed by atoms with Crippen LogP contribution in [0.15, 0.2) is 72.9 Å². The van der Waals surface area contributed by atoms with Crippen LogP contribution in [0.4, 0.5) is 15.9 Å². The number of carbonyl (C=O) groups is 1. The fourth-order valence-corrected chi connectivity index (χ4v) is 2.85. The van der Waals surface area contributed by atoms with Crippen molar-refractivity contribution in [2.75, 3.05) is 23.9 Å². The van der Waals surface area contributed by atoms with Crippen LogP contribution in [0.25, 0.3) is 0 Å². The molecule has 0 bridgehead atoms. The zero-order chi connectivity index (χ0) is 20.8. The number of aromatic nitrogens is 1. The number of anilines is 2. The first-order valence-corrected chi connectivity index (χ1v) is 9.35. The van der Waals surface area contributed by atoms with E-state index in [0.29, 0.717) is 18.1 Å². The van der Waals surface area contributed by atoms with Crippen LogP contribution in [0.1, 0.15) is 12.5 Å². The highest BCUT2D eigenvalue weighted by molar-refractivity contribution is 5.95. The topological polar surface area (TPSA) is 45.7 Å². The molecule has 0 fully saturated rings. The molecule has 0 spiro atoms. The van der Waals surface area contributed by atoms with E-state index < -0.39 is 6.10 Å². The molecule has 0 saturated heterocycles. The maximum atomic E-state index is 13.2. The summed E-state index contributed by atoms with van der Waals surface area (Å²) in [5, 5.41) is 0. The van der Waals surface area contributed by atoms with Gasteiger partial charge in [-0.1, -0.05) is 18.2 Å². The zero-order valence-electron chi connectivity index (χ0n) is 16.7. The van der Waals surface area contributed by atoms with Gasteiger partial charge in [0.15, 0.2) is 6.10 Å². The molecular weight excluding hydrogens is 369 g/mol. The molecule has 1 heterocycles. The number of halogens is 1. The molecule has 0 saturated carbocycles. The third-order valence-electron chi connectivity index (χ3n) is 4.46. The Labute approximate surface area is 170 Å². The Morgan fingerprint density at radius 3 is 2.31 bits per heavy atom. The second kappa shape index (κ2) is 9.19. The summed E-state index contributed by atoms with van der Waals surface area (Å²) in [7, 11) is 3.96. The summed E-state index contributed by atoms with van der Waals surface area (Å²) in [4.78, 5) is 21.1. The molecule has 0 N–H and O–H groups in total. The van der Waals surface area contributed by atoms with Crippen molar-refractivity contribution < 1.29 is 13.9 Å². The number of benzene rings is 2. The number of carbonyl (C=O) groups excluding carboxylic acids is 1. The van der Waals surface area contributed by atoms with Crippen LogP contribution in [0, 0.1) is 5.82 Å². The number of pyridine rings is 1. The third-order valence-corrected chi connectivity index (χ3v) is 4.46. The van der Waals surface area contributed by atoms with Gasteiger partial charge in [-0.15, -0.1) is 0 Å². The number of amides is 1. The van der Waals surface area contributed by atoms with Crippen LogP contribution < -0.4 is 14.5 Å². The van der Waals surface area contributed by atoms with Gasteiger partial charge in [0.1, 0.15) is 17.4 Å². The third kappa shape index (κ3) is 5.31. The Morgan fingerprint density at radius 2 is 1.72 bits per heavy atom. The molecule has 1 amide bonds. The highest BCUT2D eigenvalue weighted by Gasteiger charge is 2.24. The molecule has 150 valence electrons. The molecule has 0 aliphatic carbocycles. The summed E-state index contributed by atoms with van der Waals surface area (Å²) in [6.07, 6.45) is 0.888. The minimum atomic E-state index is -0.761. The van der Waals surface area contributed by atoms with E-state index in [2.05, 4.69) is 4.98 Å². The monoisotopic (exact) mass is 393 g/mol. The lowest BCUT2D eigenvalue weighted by atomic mass is 10.1. The van der Waals surface area contributed by atoms with Crippen molar-refractivity contribution in [3.63, 3.8) is 0 Å². The lowest BCUT2D eigenvalue weighted by molar-refractivity contribution is -0.124. The minimum absolute atomic E-state index is 0.232. The van der Waals surface area contributed by atoms with Crippen molar-refractivity contribution in [1.29, 1.82) is 0 Å². The van der Waals surface area contributed by atoms with Crippen LogP contribution >= 0.6 is 0 Å². The van der Waals surface area contributed by atoms with Gasteiger partial charge in [-0.05, 0) is 61.0 Å². The van der Waals surface area contributed by atoms with Crippen molar-refractivity contribution >= 4 is 17.4 Å². The summed E-state index contributed by atoms with van der Waals surface area (Å²) in [6.45, 7) is 2.04. The average Bonchev–Trinajstić information content (AvgIpc) is 2.74. The molecule has 0 aliphatic rings. The molecule has 0 unspecified atom stereocenters. The molecule has 0 radical (unpaired) electrons. The van der Waals surface area contributed by atoms with E-state index >= 15 is 0 Å². The van der Waals surface area contributed by atoms with E-state index in [1.807, 2.05) is 49.3 Å². The molecule has 1 aromatic heterocycles. The molecule has 3 aromatic rings. The highest BCUT2D eigenvalue weighted by Crippen LogP contribution is 2.20. The largest absolute Gasteiger partial charge is 0.481 e. The minimum Gasteiger partial charge on any atom is -0.481 e. The lowest BCUT2D eigenvalue weighted by Gasteiger charge is -2.25. The molecule has 2 aromatic carbocycles. The summed E-state index contributed by atoms with van der Waals surface area (Å²) in [5.41, 5.74) is 2.06. The molecule has 29 heavy (non-hydrogen) atoms. The van der Waals surface area contributed by atoms with Crippen molar-refractivity contribution in [3.8, 4) is 5.75 Å². The summed E-state index contributed by atoms with van der Waals surface area (Å²) >= 11 is 0. The Kier molecular flexibility index (Phi) is 6.44. The summed E-state index contributed by atoms with van der Waals surface area (Å²) < 4.78 is 18.8. The van der Waals surface area contributed by atoms with Crippen LogP contribution in [0.5, 0.6) is 5.75 Å². The second-order valence-electron chi connectivity index (χ2n) is 6.89. The molecule has 6 heteroatoms. The number of nitrogens with zero attached hydrogens (tertiary/aromatic N) is 3. The van der Waals surface area contributed by atoms with Gasteiger partial charge in [0.2, 0.25) is 0 Å². The Morgan fingerprint density at radius 1 is 1.03 bits per heavy atom. The van der Waals surface area contributed by atoms with Gasteiger partial charge in [-0.2, -0.15) is 0 Å². The Hall–Kier alpha value is -3.41. The fourth-order valence-electron chi connectivity index (χ4n) is 2.85. The van der Waals surface area contributed by atoms with Crippen LogP contribution in [-0.4, -0.2) is 31.1 Å². The molecule has 3 rings (SSSR count). The van der Waals surface area contributed by atoms with E-state index in [4.69, 9.17) is 4.74 Å². The van der Waals surface area contributed by atoms with Crippen molar-refractivity contribution in [2.24, 2.45) is 0 Å². The van der Waals surface area contributed by atoms with E-state index in [1.54, 1.807) is 30.2 Å². The highest BCUT2D eigenvalue weighted by atomic mass is 19.1. The lowest BCUT2D eigenvalue weighted by Crippen LogP contribution is -2.40. The molecule has 0 aliphatic heterocycles. The van der Waals surface area contributed by atoms with Gasteiger partial charge < -0.3 is 9.64 Å². The molecule has 1 atom stereocenters. The van der Waals surface area contributed by atoms with Crippen LogP contribution in [-0.2, 0) is 11.3 Å². The molecular formula is C23H24FN3O2. The standard InChI is InChI=1S/C23H24FN3O2/c1-17(29-21-13-9-19(24)10-14-21)23(28)27(22-6-4-5-15-25-22)16-18-7-11-20(12-8-18)26(2)3/h4-15,17H,16H2,1-3H3/t17-/m1/s1. The molecule has 5 nitrogen and oxygen atoms in total.